The van der Waals surface area contributed by atoms with Gasteiger partial charge in [0.15, 0.2) is 0 Å². The van der Waals surface area contributed by atoms with Crippen LogP contribution in [0.2, 0.25) is 0 Å². The normalized spacial score (nSPS) is 12.3. The Kier molecular flexibility index (Phi) is 9.31. The lowest BCUT2D eigenvalue weighted by atomic mass is 9.96. The van der Waals surface area contributed by atoms with Crippen molar-refractivity contribution in [1.82, 2.24) is 19.7 Å². The molecule has 0 fully saturated rings. The summed E-state index contributed by atoms with van der Waals surface area (Å²) in [5.74, 6) is -1.62. The molecule has 0 spiro atoms. The Labute approximate surface area is 211 Å². The summed E-state index contributed by atoms with van der Waals surface area (Å²) in [6, 6.07) is 15.3. The van der Waals surface area contributed by atoms with Crippen LogP contribution in [0.1, 0.15) is 38.4 Å². The topological polar surface area (TPSA) is 132 Å². The highest BCUT2D eigenvalue weighted by atomic mass is 32.2. The number of nitrogens with one attached hydrogen (secondary N) is 2. The fourth-order valence-corrected chi connectivity index (χ4v) is 4.50. The molecule has 2 aromatic carbocycles. The molecule has 0 radical (unpaired) electrons. The third kappa shape index (κ3) is 7.72. The molecule has 11 heteroatoms. The van der Waals surface area contributed by atoms with Crippen molar-refractivity contribution in [3.05, 3.63) is 72.1 Å². The van der Waals surface area contributed by atoms with E-state index in [9.17, 15) is 18.0 Å². The Morgan fingerprint density at radius 3 is 2.39 bits per heavy atom. The van der Waals surface area contributed by atoms with Gasteiger partial charge in [0.05, 0.1) is 36.5 Å². The number of aromatic nitrogens is 3. The van der Waals surface area contributed by atoms with Crippen molar-refractivity contribution in [3.8, 4) is 0 Å². The highest BCUT2D eigenvalue weighted by Crippen LogP contribution is 2.18. The van der Waals surface area contributed by atoms with E-state index in [1.165, 1.54) is 12.1 Å². The van der Waals surface area contributed by atoms with Gasteiger partial charge >= 0.3 is 5.97 Å². The molecule has 3 rings (SSSR count). The van der Waals surface area contributed by atoms with E-state index in [1.54, 1.807) is 48.1 Å². The second-order valence-corrected chi connectivity index (χ2v) is 10.4. The molecule has 0 aliphatic carbocycles. The summed E-state index contributed by atoms with van der Waals surface area (Å²) in [6.45, 7) is 6.25. The van der Waals surface area contributed by atoms with Crippen LogP contribution in [0, 0.1) is 11.8 Å². The zero-order valence-corrected chi connectivity index (χ0v) is 21.4. The zero-order chi connectivity index (χ0) is 26.1. The fourth-order valence-electron chi connectivity index (χ4n) is 3.48. The van der Waals surface area contributed by atoms with Gasteiger partial charge in [0.1, 0.15) is 5.92 Å². The maximum Gasteiger partial charge on any atom is 0.318 e. The molecule has 36 heavy (non-hydrogen) atoms. The van der Waals surface area contributed by atoms with Gasteiger partial charge in [-0.05, 0) is 49.1 Å². The second-order valence-electron chi connectivity index (χ2n) is 8.67. The predicted molar refractivity (Wildman–Crippen MR) is 134 cm³/mol. The SMILES string of the molecule is CCOC(=O)C(CC(C)C)C(=O)Nc1ccc(Cn2cc(CNS(=O)(=O)c3ccccc3)nn2)cc1. The second kappa shape index (κ2) is 12.4. The van der Waals surface area contributed by atoms with Crippen molar-refractivity contribution >= 4 is 27.6 Å². The van der Waals surface area contributed by atoms with Crippen LogP contribution < -0.4 is 10.0 Å². The number of rotatable bonds is 12. The number of esters is 1. The first-order valence-corrected chi connectivity index (χ1v) is 13.2. The summed E-state index contributed by atoms with van der Waals surface area (Å²) in [6.07, 6.45) is 2.07. The maximum atomic E-state index is 12.7. The largest absolute Gasteiger partial charge is 0.465 e. The van der Waals surface area contributed by atoms with Crippen LogP contribution in [0.15, 0.2) is 65.7 Å². The van der Waals surface area contributed by atoms with Gasteiger partial charge in [0.2, 0.25) is 15.9 Å². The molecular formula is C25H31N5O5S. The molecule has 192 valence electrons. The van der Waals surface area contributed by atoms with Gasteiger partial charge in [0, 0.05) is 5.69 Å². The van der Waals surface area contributed by atoms with Crippen LogP contribution in [-0.4, -0.2) is 41.9 Å². The van der Waals surface area contributed by atoms with E-state index in [2.05, 4.69) is 20.4 Å². The molecule has 0 aliphatic rings. The Morgan fingerprint density at radius 1 is 1.06 bits per heavy atom. The lowest BCUT2D eigenvalue weighted by Gasteiger charge is -2.17. The average molecular weight is 514 g/mol. The lowest BCUT2D eigenvalue weighted by molar-refractivity contribution is -0.151. The fraction of sp³-hybridized carbons (Fsp3) is 0.360. The van der Waals surface area contributed by atoms with Crippen LogP contribution in [0.25, 0.3) is 0 Å². The van der Waals surface area contributed by atoms with Crippen LogP contribution in [0.3, 0.4) is 0 Å². The van der Waals surface area contributed by atoms with Crippen molar-refractivity contribution in [2.24, 2.45) is 11.8 Å². The maximum absolute atomic E-state index is 12.7. The average Bonchev–Trinajstić information content (AvgIpc) is 3.30. The number of amides is 1. The minimum absolute atomic E-state index is 0.0141. The molecule has 0 saturated heterocycles. The number of hydrogen-bond donors (Lipinski definition) is 2. The summed E-state index contributed by atoms with van der Waals surface area (Å²) < 4.78 is 33.9. The summed E-state index contributed by atoms with van der Waals surface area (Å²) in [5, 5.41) is 10.9. The Bertz CT molecular complexity index is 1260. The summed E-state index contributed by atoms with van der Waals surface area (Å²) in [5.41, 5.74) is 1.95. The number of hydrogen-bond acceptors (Lipinski definition) is 7. The van der Waals surface area contributed by atoms with Crippen molar-refractivity contribution in [1.29, 1.82) is 0 Å². The monoisotopic (exact) mass is 513 g/mol. The number of anilines is 1. The van der Waals surface area contributed by atoms with E-state index in [-0.39, 0.29) is 24.0 Å². The summed E-state index contributed by atoms with van der Waals surface area (Å²) >= 11 is 0. The molecule has 2 N–H and O–H groups in total. The van der Waals surface area contributed by atoms with Gasteiger partial charge in [-0.3, -0.25) is 9.59 Å². The van der Waals surface area contributed by atoms with Crippen molar-refractivity contribution in [2.75, 3.05) is 11.9 Å². The van der Waals surface area contributed by atoms with Crippen LogP contribution in [-0.2, 0) is 37.4 Å². The van der Waals surface area contributed by atoms with E-state index >= 15 is 0 Å². The zero-order valence-electron chi connectivity index (χ0n) is 20.5. The third-order valence-electron chi connectivity index (χ3n) is 5.24. The third-order valence-corrected chi connectivity index (χ3v) is 6.66. The first-order chi connectivity index (χ1) is 17.2. The number of nitrogens with zero attached hydrogens (tertiary/aromatic N) is 3. The highest BCUT2D eigenvalue weighted by Gasteiger charge is 2.29. The molecule has 1 aromatic heterocycles. The Hall–Kier alpha value is -3.57. The minimum atomic E-state index is -3.64. The molecule has 10 nitrogen and oxygen atoms in total. The van der Waals surface area contributed by atoms with E-state index < -0.39 is 27.8 Å². The molecule has 3 aromatic rings. The molecule has 1 amide bonds. The van der Waals surface area contributed by atoms with Crippen molar-refractivity contribution in [2.45, 2.75) is 45.2 Å². The van der Waals surface area contributed by atoms with Gasteiger partial charge in [0.25, 0.3) is 0 Å². The number of benzene rings is 2. The van der Waals surface area contributed by atoms with E-state index in [0.717, 1.165) is 5.56 Å². The number of carbonyl (C=O) groups excluding carboxylic acids is 2. The van der Waals surface area contributed by atoms with Crippen LogP contribution in [0.4, 0.5) is 5.69 Å². The molecule has 1 unspecified atom stereocenters. The standard InChI is InChI=1S/C25H31N5O5S/c1-4-35-25(32)23(14-18(2)3)24(31)27-20-12-10-19(11-13-20)16-30-17-21(28-29-30)15-26-36(33,34)22-8-6-5-7-9-22/h5-13,17-18,23,26H,4,14-16H2,1-3H3,(H,27,31). The quantitative estimate of drug-likeness (QED) is 0.281. The molecule has 1 heterocycles. The Morgan fingerprint density at radius 2 is 1.75 bits per heavy atom. The van der Waals surface area contributed by atoms with E-state index in [4.69, 9.17) is 4.74 Å². The van der Waals surface area contributed by atoms with Gasteiger partial charge in [-0.25, -0.2) is 17.8 Å². The number of carbonyl (C=O) groups is 2. The summed E-state index contributed by atoms with van der Waals surface area (Å²) in [7, 11) is -3.64. The molecular weight excluding hydrogens is 482 g/mol. The van der Waals surface area contributed by atoms with E-state index in [0.29, 0.717) is 24.3 Å². The minimum Gasteiger partial charge on any atom is -0.465 e. The predicted octanol–water partition coefficient (Wildman–Crippen LogP) is 2.97. The first kappa shape index (κ1) is 27.0. The van der Waals surface area contributed by atoms with Gasteiger partial charge in [-0.1, -0.05) is 49.4 Å². The van der Waals surface area contributed by atoms with Crippen molar-refractivity contribution < 1.29 is 22.7 Å². The van der Waals surface area contributed by atoms with Gasteiger partial charge < -0.3 is 10.1 Å². The number of ether oxygens (including phenoxy) is 1. The smallest absolute Gasteiger partial charge is 0.318 e. The summed E-state index contributed by atoms with van der Waals surface area (Å²) in [4.78, 5) is 25.1. The van der Waals surface area contributed by atoms with Crippen molar-refractivity contribution in [3.63, 3.8) is 0 Å². The molecule has 0 bridgehead atoms. The first-order valence-electron chi connectivity index (χ1n) is 11.7. The molecule has 0 aliphatic heterocycles. The number of sulfonamides is 1. The lowest BCUT2D eigenvalue weighted by Crippen LogP contribution is -2.32. The van der Waals surface area contributed by atoms with Gasteiger partial charge in [-0.2, -0.15) is 0 Å². The molecule has 0 saturated carbocycles. The van der Waals surface area contributed by atoms with Gasteiger partial charge in [-0.15, -0.1) is 5.10 Å². The Balaban J connectivity index is 1.56. The molecule has 1 atom stereocenters. The highest BCUT2D eigenvalue weighted by molar-refractivity contribution is 7.89. The van der Waals surface area contributed by atoms with Crippen LogP contribution in [0.5, 0.6) is 0 Å². The van der Waals surface area contributed by atoms with E-state index in [1.807, 2.05) is 26.0 Å². The van der Waals surface area contributed by atoms with Crippen LogP contribution >= 0.6 is 0 Å².